The molecule has 148 valence electrons. The van der Waals surface area contributed by atoms with E-state index >= 15 is 0 Å². The van der Waals surface area contributed by atoms with E-state index in [2.05, 4.69) is 0 Å². The molecular weight excluding hydrogens is 348 g/mol. The Morgan fingerprint density at radius 1 is 0.519 bits per heavy atom. The van der Waals surface area contributed by atoms with E-state index in [4.69, 9.17) is 25.2 Å². The first-order valence-electron chi connectivity index (χ1n) is 9.03. The van der Waals surface area contributed by atoms with Gasteiger partial charge in [0.05, 0.1) is 26.4 Å². The highest BCUT2D eigenvalue weighted by atomic mass is 16.5. The molecule has 0 atom stereocenters. The second-order valence-electron chi connectivity index (χ2n) is 5.96. The van der Waals surface area contributed by atoms with Crippen LogP contribution in [-0.4, -0.2) is 73.0 Å². The van der Waals surface area contributed by atoms with Gasteiger partial charge in [0, 0.05) is 37.6 Å². The van der Waals surface area contributed by atoms with Crippen LogP contribution in [0, 0.1) is 0 Å². The van der Waals surface area contributed by atoms with Gasteiger partial charge in [0.1, 0.15) is 11.5 Å². The van der Waals surface area contributed by atoms with E-state index in [1.807, 2.05) is 58.3 Å². The number of aliphatic hydroxyl groups excluding tert-OH is 4. The number of rotatable bonds is 12. The van der Waals surface area contributed by atoms with Crippen LogP contribution in [0.25, 0.3) is 0 Å². The molecule has 0 bridgehead atoms. The van der Waals surface area contributed by atoms with E-state index in [1.54, 1.807) is 0 Å². The van der Waals surface area contributed by atoms with Gasteiger partial charge in [-0.1, -0.05) is 0 Å². The van der Waals surface area contributed by atoms with Crippen LogP contribution in [0.3, 0.4) is 0 Å². The van der Waals surface area contributed by atoms with Crippen LogP contribution in [0.1, 0.15) is 0 Å². The van der Waals surface area contributed by atoms with Crippen molar-refractivity contribution >= 4 is 11.4 Å². The highest BCUT2D eigenvalue weighted by molar-refractivity contribution is 5.52. The summed E-state index contributed by atoms with van der Waals surface area (Å²) < 4.78 is 5.85. The van der Waals surface area contributed by atoms with Crippen molar-refractivity contribution in [2.45, 2.75) is 0 Å². The lowest BCUT2D eigenvalue weighted by atomic mass is 10.2. The third-order valence-corrected chi connectivity index (χ3v) is 4.12. The van der Waals surface area contributed by atoms with Crippen LogP contribution in [-0.2, 0) is 0 Å². The van der Waals surface area contributed by atoms with E-state index in [0.717, 1.165) is 11.4 Å². The Kier molecular flexibility index (Phi) is 8.86. The molecule has 27 heavy (non-hydrogen) atoms. The van der Waals surface area contributed by atoms with Gasteiger partial charge >= 0.3 is 0 Å². The molecule has 0 amide bonds. The first kappa shape index (κ1) is 21.0. The molecule has 2 aromatic carbocycles. The Hall–Kier alpha value is -2.32. The summed E-state index contributed by atoms with van der Waals surface area (Å²) in [4.78, 5) is 3.80. The third kappa shape index (κ3) is 6.41. The second-order valence-corrected chi connectivity index (χ2v) is 5.96. The van der Waals surface area contributed by atoms with Crippen molar-refractivity contribution in [3.05, 3.63) is 48.5 Å². The maximum atomic E-state index is 9.12. The van der Waals surface area contributed by atoms with Gasteiger partial charge in [0.2, 0.25) is 0 Å². The lowest BCUT2D eigenvalue weighted by Gasteiger charge is -2.23. The molecule has 0 fully saturated rings. The summed E-state index contributed by atoms with van der Waals surface area (Å²) in [6, 6.07) is 14.9. The highest BCUT2D eigenvalue weighted by Gasteiger charge is 2.07. The van der Waals surface area contributed by atoms with E-state index in [0.29, 0.717) is 37.7 Å². The molecule has 7 heteroatoms. The summed E-state index contributed by atoms with van der Waals surface area (Å²) in [5.41, 5.74) is 1.81. The van der Waals surface area contributed by atoms with Crippen molar-refractivity contribution in [2.75, 3.05) is 62.4 Å². The molecule has 0 aliphatic heterocycles. The number of anilines is 2. The number of benzene rings is 2. The average molecular weight is 376 g/mol. The molecule has 0 spiro atoms. The molecule has 0 aromatic heterocycles. The quantitative estimate of drug-likeness (QED) is 0.440. The fourth-order valence-corrected chi connectivity index (χ4v) is 2.81. The van der Waals surface area contributed by atoms with Gasteiger partial charge in [-0.05, 0) is 48.5 Å². The summed E-state index contributed by atoms with van der Waals surface area (Å²) in [6.07, 6.45) is 0. The van der Waals surface area contributed by atoms with Crippen molar-refractivity contribution in [3.8, 4) is 11.5 Å². The Balaban J connectivity index is 2.02. The first-order valence-corrected chi connectivity index (χ1v) is 9.03. The van der Waals surface area contributed by atoms with Crippen LogP contribution in [0.2, 0.25) is 0 Å². The van der Waals surface area contributed by atoms with Crippen molar-refractivity contribution in [1.29, 1.82) is 0 Å². The number of hydrogen-bond donors (Lipinski definition) is 4. The van der Waals surface area contributed by atoms with Gasteiger partial charge in [-0.3, -0.25) is 0 Å². The average Bonchev–Trinajstić information content (AvgIpc) is 2.69. The van der Waals surface area contributed by atoms with Crippen molar-refractivity contribution in [2.24, 2.45) is 0 Å². The first-order chi connectivity index (χ1) is 13.2. The third-order valence-electron chi connectivity index (χ3n) is 4.12. The van der Waals surface area contributed by atoms with E-state index in [9.17, 15) is 0 Å². The minimum absolute atomic E-state index is 0.0220. The molecule has 0 heterocycles. The lowest BCUT2D eigenvalue weighted by Crippen LogP contribution is -2.29. The van der Waals surface area contributed by atoms with Gasteiger partial charge in [-0.15, -0.1) is 0 Å². The van der Waals surface area contributed by atoms with Gasteiger partial charge in [-0.2, -0.15) is 0 Å². The zero-order valence-electron chi connectivity index (χ0n) is 15.4. The molecule has 0 saturated heterocycles. The molecule has 4 N–H and O–H groups in total. The maximum Gasteiger partial charge on any atom is 0.127 e. The van der Waals surface area contributed by atoms with Gasteiger partial charge in [0.25, 0.3) is 0 Å². The van der Waals surface area contributed by atoms with E-state index in [-0.39, 0.29) is 26.4 Å². The van der Waals surface area contributed by atoms with E-state index < -0.39 is 0 Å². The Labute approximate surface area is 159 Å². The summed E-state index contributed by atoms with van der Waals surface area (Å²) >= 11 is 0. The van der Waals surface area contributed by atoms with Gasteiger partial charge < -0.3 is 35.0 Å². The van der Waals surface area contributed by atoms with Gasteiger partial charge in [0.15, 0.2) is 0 Å². The van der Waals surface area contributed by atoms with Crippen LogP contribution in [0.5, 0.6) is 11.5 Å². The second kappa shape index (κ2) is 11.4. The monoisotopic (exact) mass is 376 g/mol. The van der Waals surface area contributed by atoms with Crippen molar-refractivity contribution in [3.63, 3.8) is 0 Å². The van der Waals surface area contributed by atoms with Crippen LogP contribution in [0.15, 0.2) is 48.5 Å². The zero-order valence-corrected chi connectivity index (χ0v) is 15.4. The molecule has 0 unspecified atom stereocenters. The molecule has 0 radical (unpaired) electrons. The minimum Gasteiger partial charge on any atom is -0.457 e. The largest absolute Gasteiger partial charge is 0.457 e. The van der Waals surface area contributed by atoms with Crippen LogP contribution < -0.4 is 14.5 Å². The Morgan fingerprint density at radius 2 is 0.815 bits per heavy atom. The van der Waals surface area contributed by atoms with Gasteiger partial charge in [-0.25, -0.2) is 0 Å². The normalized spacial score (nSPS) is 10.7. The predicted octanol–water partition coefficient (Wildman–Crippen LogP) is 1.06. The molecule has 2 rings (SSSR count). The van der Waals surface area contributed by atoms with Crippen LogP contribution in [0.4, 0.5) is 11.4 Å². The Bertz CT molecular complexity index is 579. The SMILES string of the molecule is OCCN(CCO)c1ccc(Oc2ccc(N(CCO)CCO)cc2)cc1. The molecule has 7 nitrogen and oxygen atoms in total. The lowest BCUT2D eigenvalue weighted by molar-refractivity contribution is 0.280. The van der Waals surface area contributed by atoms with Crippen LogP contribution >= 0.6 is 0 Å². The highest BCUT2D eigenvalue weighted by Crippen LogP contribution is 2.26. The number of ether oxygens (including phenoxy) is 1. The number of hydrogen-bond acceptors (Lipinski definition) is 7. The fourth-order valence-electron chi connectivity index (χ4n) is 2.81. The Morgan fingerprint density at radius 3 is 1.07 bits per heavy atom. The molecular formula is C20H28N2O5. The predicted molar refractivity (Wildman–Crippen MR) is 106 cm³/mol. The smallest absolute Gasteiger partial charge is 0.127 e. The van der Waals surface area contributed by atoms with E-state index in [1.165, 1.54) is 0 Å². The maximum absolute atomic E-state index is 9.12. The number of nitrogens with zero attached hydrogens (tertiary/aromatic N) is 2. The number of aliphatic hydroxyl groups is 4. The molecule has 0 aliphatic rings. The summed E-state index contributed by atoms with van der Waals surface area (Å²) in [6.45, 7) is 1.92. The minimum atomic E-state index is 0.0220. The summed E-state index contributed by atoms with van der Waals surface area (Å²) in [5, 5.41) is 36.5. The fraction of sp³-hybridized carbons (Fsp3) is 0.400. The zero-order chi connectivity index (χ0) is 19.5. The standard InChI is InChI=1S/C20H28N2O5/c23-13-9-21(10-14-24)17-1-5-19(6-2-17)27-20-7-3-18(4-8-20)22(11-15-25)12-16-26/h1-8,23-26H,9-16H2. The molecule has 0 saturated carbocycles. The van der Waals surface area contributed by atoms with Crippen molar-refractivity contribution < 1.29 is 25.2 Å². The molecule has 2 aromatic rings. The summed E-state index contributed by atoms with van der Waals surface area (Å²) in [7, 11) is 0. The summed E-state index contributed by atoms with van der Waals surface area (Å²) in [5.74, 6) is 1.36. The molecule has 0 aliphatic carbocycles. The van der Waals surface area contributed by atoms with Crippen molar-refractivity contribution in [1.82, 2.24) is 0 Å². The topological polar surface area (TPSA) is 96.6 Å².